The Morgan fingerprint density at radius 3 is 2.61 bits per heavy atom. The Balaban J connectivity index is 1.33. The highest BCUT2D eigenvalue weighted by Gasteiger charge is 2.30. The minimum absolute atomic E-state index is 0.0163. The van der Waals surface area contributed by atoms with Gasteiger partial charge in [-0.1, -0.05) is 13.8 Å². The fraction of sp³-hybridized carbons (Fsp3) is 0.448. The van der Waals surface area contributed by atoms with Gasteiger partial charge in [-0.3, -0.25) is 9.36 Å². The summed E-state index contributed by atoms with van der Waals surface area (Å²) in [5.41, 5.74) is 4.17. The van der Waals surface area contributed by atoms with E-state index in [0.29, 0.717) is 30.1 Å². The lowest BCUT2D eigenvalue weighted by molar-refractivity contribution is 0.501. The van der Waals surface area contributed by atoms with E-state index in [2.05, 4.69) is 51.9 Å². The van der Waals surface area contributed by atoms with Crippen molar-refractivity contribution < 1.29 is 4.42 Å². The quantitative estimate of drug-likeness (QED) is 0.268. The van der Waals surface area contributed by atoms with E-state index in [9.17, 15) is 4.79 Å². The largest absolute Gasteiger partial charge is 0.448 e. The molecule has 2 fully saturated rings. The van der Waals surface area contributed by atoms with Crippen LogP contribution < -0.4 is 21.5 Å². The van der Waals surface area contributed by atoms with Gasteiger partial charge in [-0.25, -0.2) is 9.97 Å². The first-order chi connectivity index (χ1) is 18.6. The molecule has 2 aliphatic rings. The predicted molar refractivity (Wildman–Crippen MR) is 149 cm³/mol. The van der Waals surface area contributed by atoms with Gasteiger partial charge in [0.2, 0.25) is 5.95 Å². The van der Waals surface area contributed by atoms with Crippen LogP contribution in [0, 0.1) is 0 Å². The van der Waals surface area contributed by atoms with Gasteiger partial charge in [-0.2, -0.15) is 4.98 Å². The van der Waals surface area contributed by atoms with Crippen molar-refractivity contribution in [1.82, 2.24) is 24.8 Å². The van der Waals surface area contributed by atoms with Crippen LogP contribution in [0.15, 0.2) is 52.1 Å². The van der Waals surface area contributed by atoms with Gasteiger partial charge in [-0.05, 0) is 74.9 Å². The molecule has 0 amide bonds. The van der Waals surface area contributed by atoms with Gasteiger partial charge < -0.3 is 20.4 Å². The fourth-order valence-corrected chi connectivity index (χ4v) is 5.43. The number of fused-ring (bicyclic) bond motifs is 1. The van der Waals surface area contributed by atoms with Gasteiger partial charge >= 0.3 is 0 Å². The van der Waals surface area contributed by atoms with E-state index in [1.807, 2.05) is 18.2 Å². The third kappa shape index (κ3) is 5.03. The molecule has 9 heteroatoms. The molecule has 1 saturated carbocycles. The zero-order valence-corrected chi connectivity index (χ0v) is 22.0. The maximum Gasteiger partial charge on any atom is 0.256 e. The Kier molecular flexibility index (Phi) is 6.84. The molecule has 0 radical (unpaired) electrons. The molecule has 6 rings (SSSR count). The van der Waals surface area contributed by atoms with Crippen molar-refractivity contribution in [3.05, 3.63) is 70.3 Å². The second-order valence-electron chi connectivity index (χ2n) is 10.5. The van der Waals surface area contributed by atoms with Crippen molar-refractivity contribution in [3.8, 4) is 0 Å². The fourth-order valence-electron chi connectivity index (χ4n) is 5.43. The number of oxazole rings is 1. The van der Waals surface area contributed by atoms with Crippen LogP contribution in [0.3, 0.4) is 0 Å². The number of aromatic nitrogens is 4. The van der Waals surface area contributed by atoms with E-state index < -0.39 is 0 Å². The molecule has 4 aromatic rings. The standard InChI is InChI=1S/C29H35N7O2/c1-3-18(4-2)24-13-20-14-31-29(34-22-9-7-21(8-10-22)33-23-11-12-30-15-23)35-27(20)36(28(24)37)16-25-26(19-5-6-19)38-17-32-25/h7-10,13-14,17-19,23,30,33H,3-6,11-12,15-16H2,1-2H3,(H,31,34,35). The second kappa shape index (κ2) is 10.6. The van der Waals surface area contributed by atoms with Crippen LogP contribution in [0.4, 0.5) is 17.3 Å². The summed E-state index contributed by atoms with van der Waals surface area (Å²) in [6, 6.07) is 10.6. The Hall–Kier alpha value is -3.72. The maximum absolute atomic E-state index is 13.8. The van der Waals surface area contributed by atoms with E-state index in [4.69, 9.17) is 9.40 Å². The van der Waals surface area contributed by atoms with Crippen molar-refractivity contribution in [2.24, 2.45) is 0 Å². The highest BCUT2D eigenvalue weighted by molar-refractivity contribution is 5.77. The minimum atomic E-state index is -0.0163. The molecule has 9 nitrogen and oxygen atoms in total. The molecular formula is C29H35N7O2. The second-order valence-corrected chi connectivity index (χ2v) is 10.5. The Bertz CT molecular complexity index is 1460. The zero-order chi connectivity index (χ0) is 26.1. The Labute approximate surface area is 222 Å². The molecule has 1 aliphatic heterocycles. The molecule has 1 unspecified atom stereocenters. The van der Waals surface area contributed by atoms with Crippen molar-refractivity contribution in [3.63, 3.8) is 0 Å². The maximum atomic E-state index is 13.8. The van der Waals surface area contributed by atoms with Crippen LogP contribution in [0.1, 0.15) is 74.8 Å². The molecule has 3 aromatic heterocycles. The number of hydrogen-bond donors (Lipinski definition) is 3. The summed E-state index contributed by atoms with van der Waals surface area (Å²) in [6.45, 7) is 6.62. The van der Waals surface area contributed by atoms with Crippen molar-refractivity contribution in [1.29, 1.82) is 0 Å². The first-order valence-corrected chi connectivity index (χ1v) is 13.8. The third-order valence-corrected chi connectivity index (χ3v) is 7.78. The van der Waals surface area contributed by atoms with E-state index in [-0.39, 0.29) is 11.5 Å². The van der Waals surface area contributed by atoms with Gasteiger partial charge in [0.15, 0.2) is 6.39 Å². The number of hydrogen-bond acceptors (Lipinski definition) is 8. The molecule has 0 spiro atoms. The van der Waals surface area contributed by atoms with Crippen LogP contribution in [0.5, 0.6) is 0 Å². The average Bonchev–Trinajstić information content (AvgIpc) is 3.44. The summed E-state index contributed by atoms with van der Waals surface area (Å²) in [7, 11) is 0. The monoisotopic (exact) mass is 513 g/mol. The number of benzene rings is 1. The van der Waals surface area contributed by atoms with Gasteiger partial charge in [0.25, 0.3) is 5.56 Å². The van der Waals surface area contributed by atoms with Gasteiger partial charge in [0.05, 0.1) is 6.54 Å². The summed E-state index contributed by atoms with van der Waals surface area (Å²) < 4.78 is 7.46. The average molecular weight is 514 g/mol. The van der Waals surface area contributed by atoms with E-state index in [0.717, 1.165) is 79.0 Å². The first-order valence-electron chi connectivity index (χ1n) is 13.8. The third-order valence-electron chi connectivity index (χ3n) is 7.78. The molecular weight excluding hydrogens is 478 g/mol. The molecule has 1 aliphatic carbocycles. The van der Waals surface area contributed by atoms with E-state index in [1.54, 1.807) is 10.8 Å². The lowest BCUT2D eigenvalue weighted by atomic mass is 9.94. The van der Waals surface area contributed by atoms with Gasteiger partial charge in [-0.15, -0.1) is 0 Å². The van der Waals surface area contributed by atoms with Gasteiger partial charge in [0.1, 0.15) is 17.1 Å². The number of nitrogens with one attached hydrogen (secondary N) is 3. The molecule has 1 saturated heterocycles. The predicted octanol–water partition coefficient (Wildman–Crippen LogP) is 5.13. The van der Waals surface area contributed by atoms with Crippen LogP contribution in [0.25, 0.3) is 11.0 Å². The first kappa shape index (κ1) is 24.6. The number of rotatable bonds is 10. The number of pyridine rings is 1. The van der Waals surface area contributed by atoms with Gasteiger partial charge in [0, 0.05) is 47.0 Å². The lowest BCUT2D eigenvalue weighted by Crippen LogP contribution is -2.27. The van der Waals surface area contributed by atoms with Crippen molar-refractivity contribution in [2.45, 2.75) is 70.4 Å². The van der Waals surface area contributed by atoms with Crippen LogP contribution in [-0.4, -0.2) is 38.7 Å². The molecule has 3 N–H and O–H groups in total. The number of anilines is 3. The van der Waals surface area contributed by atoms with Crippen LogP contribution in [0.2, 0.25) is 0 Å². The number of nitrogens with zero attached hydrogens (tertiary/aromatic N) is 4. The lowest BCUT2D eigenvalue weighted by Gasteiger charge is -2.17. The molecule has 38 heavy (non-hydrogen) atoms. The van der Waals surface area contributed by atoms with Crippen LogP contribution >= 0.6 is 0 Å². The van der Waals surface area contributed by atoms with Crippen molar-refractivity contribution in [2.75, 3.05) is 23.7 Å². The summed E-state index contributed by atoms with van der Waals surface area (Å²) in [6.07, 6.45) is 8.43. The summed E-state index contributed by atoms with van der Waals surface area (Å²) in [5, 5.41) is 11.1. The Morgan fingerprint density at radius 1 is 1.11 bits per heavy atom. The topological polar surface area (TPSA) is 110 Å². The smallest absolute Gasteiger partial charge is 0.256 e. The van der Waals surface area contributed by atoms with E-state index >= 15 is 0 Å². The Morgan fingerprint density at radius 2 is 1.89 bits per heavy atom. The molecule has 4 heterocycles. The molecule has 1 atom stereocenters. The minimum Gasteiger partial charge on any atom is -0.448 e. The summed E-state index contributed by atoms with van der Waals surface area (Å²) >= 11 is 0. The summed E-state index contributed by atoms with van der Waals surface area (Å²) in [4.78, 5) is 27.7. The highest BCUT2D eigenvalue weighted by atomic mass is 16.3. The normalized spacial score (nSPS) is 17.4. The highest BCUT2D eigenvalue weighted by Crippen LogP contribution is 2.41. The summed E-state index contributed by atoms with van der Waals surface area (Å²) in [5.74, 6) is 1.94. The van der Waals surface area contributed by atoms with Crippen molar-refractivity contribution >= 4 is 28.4 Å². The SMILES string of the molecule is CCC(CC)c1cc2cnc(Nc3ccc(NC4CCNC4)cc3)nc2n(Cc2ncoc2C2CC2)c1=O. The van der Waals surface area contributed by atoms with Crippen LogP contribution in [-0.2, 0) is 6.54 Å². The molecule has 198 valence electrons. The zero-order valence-electron chi connectivity index (χ0n) is 22.0. The van der Waals surface area contributed by atoms with E-state index in [1.165, 1.54) is 6.39 Å². The molecule has 1 aromatic carbocycles. The molecule has 0 bridgehead atoms.